The molecular weight excluding hydrogens is 565 g/mol. The van der Waals surface area contributed by atoms with Gasteiger partial charge in [-0.3, -0.25) is 23.4 Å². The molecule has 0 aromatic carbocycles. The number of unbranched alkanes of at least 4 members (excludes halogenated alkanes) is 7. The number of esters is 2. The molecule has 0 aliphatic carbocycles. The first kappa shape index (κ1) is 39.7. The molecular formula is C30H52NO10P. The Morgan fingerprint density at radius 2 is 1.33 bits per heavy atom. The van der Waals surface area contributed by atoms with Crippen molar-refractivity contribution in [2.75, 3.05) is 19.8 Å². The third-order valence-electron chi connectivity index (χ3n) is 5.90. The fourth-order valence-electron chi connectivity index (χ4n) is 3.49. The zero-order chi connectivity index (χ0) is 31.5. The molecule has 12 heteroatoms. The third kappa shape index (κ3) is 25.4. The monoisotopic (exact) mass is 617 g/mol. The van der Waals surface area contributed by atoms with Gasteiger partial charge in [0.25, 0.3) is 0 Å². The van der Waals surface area contributed by atoms with Crippen molar-refractivity contribution in [2.45, 2.75) is 116 Å². The molecule has 0 aromatic rings. The van der Waals surface area contributed by atoms with E-state index in [4.69, 9.17) is 24.8 Å². The molecule has 42 heavy (non-hydrogen) atoms. The van der Waals surface area contributed by atoms with E-state index in [1.807, 2.05) is 6.92 Å². The van der Waals surface area contributed by atoms with Crippen LogP contribution >= 0.6 is 7.82 Å². The van der Waals surface area contributed by atoms with Crippen molar-refractivity contribution in [2.24, 2.45) is 5.73 Å². The van der Waals surface area contributed by atoms with Gasteiger partial charge in [-0.1, -0.05) is 82.4 Å². The molecule has 0 fully saturated rings. The van der Waals surface area contributed by atoms with Crippen LogP contribution in [0.15, 0.2) is 36.5 Å². The van der Waals surface area contributed by atoms with Crippen molar-refractivity contribution >= 4 is 25.7 Å². The first-order valence-corrected chi connectivity index (χ1v) is 16.5. The predicted molar refractivity (Wildman–Crippen MR) is 162 cm³/mol. The van der Waals surface area contributed by atoms with Gasteiger partial charge in [0.1, 0.15) is 12.6 Å². The molecule has 0 saturated heterocycles. The van der Waals surface area contributed by atoms with Crippen molar-refractivity contribution in [3.8, 4) is 0 Å². The van der Waals surface area contributed by atoms with Crippen LogP contribution in [-0.2, 0) is 37.5 Å². The summed E-state index contributed by atoms with van der Waals surface area (Å²) in [7, 11) is -4.69. The van der Waals surface area contributed by atoms with E-state index >= 15 is 0 Å². The average molecular weight is 618 g/mol. The van der Waals surface area contributed by atoms with Crippen LogP contribution in [0.2, 0.25) is 0 Å². The molecule has 0 saturated carbocycles. The number of carbonyl (C=O) groups is 3. The van der Waals surface area contributed by atoms with Crippen LogP contribution in [0.1, 0.15) is 104 Å². The smallest absolute Gasteiger partial charge is 0.472 e. The molecule has 0 amide bonds. The van der Waals surface area contributed by atoms with Gasteiger partial charge in [-0.2, -0.15) is 0 Å². The molecule has 0 aliphatic rings. The minimum atomic E-state index is -4.69. The predicted octanol–water partition coefficient (Wildman–Crippen LogP) is 6.16. The lowest BCUT2D eigenvalue weighted by molar-refractivity contribution is -0.161. The van der Waals surface area contributed by atoms with Crippen molar-refractivity contribution in [1.29, 1.82) is 0 Å². The van der Waals surface area contributed by atoms with E-state index in [1.54, 1.807) is 0 Å². The molecule has 0 aromatic heterocycles. The van der Waals surface area contributed by atoms with Gasteiger partial charge < -0.3 is 25.2 Å². The van der Waals surface area contributed by atoms with Gasteiger partial charge >= 0.3 is 25.7 Å². The Labute approximate surface area is 251 Å². The first-order chi connectivity index (χ1) is 20.1. The fraction of sp³-hybridized carbons (Fsp3) is 0.700. The molecule has 4 N–H and O–H groups in total. The number of phosphoric ester groups is 1. The minimum Gasteiger partial charge on any atom is -0.480 e. The second kappa shape index (κ2) is 26.3. The number of carboxylic acids is 1. The zero-order valence-electron chi connectivity index (χ0n) is 25.3. The van der Waals surface area contributed by atoms with E-state index in [-0.39, 0.29) is 19.4 Å². The largest absolute Gasteiger partial charge is 0.480 e. The van der Waals surface area contributed by atoms with E-state index in [1.165, 1.54) is 0 Å². The summed E-state index contributed by atoms with van der Waals surface area (Å²) >= 11 is 0. The Morgan fingerprint density at radius 1 is 0.762 bits per heavy atom. The summed E-state index contributed by atoms with van der Waals surface area (Å²) in [6, 6.07) is -1.52. The van der Waals surface area contributed by atoms with Gasteiger partial charge in [0, 0.05) is 12.8 Å². The summed E-state index contributed by atoms with van der Waals surface area (Å²) < 4.78 is 32.0. The van der Waals surface area contributed by atoms with Crippen LogP contribution in [0.5, 0.6) is 0 Å². The van der Waals surface area contributed by atoms with E-state index in [0.717, 1.165) is 64.2 Å². The highest BCUT2D eigenvalue weighted by atomic mass is 31.2. The number of ether oxygens (including phenoxy) is 2. The molecule has 0 bridgehead atoms. The normalized spacial score (nSPS) is 14.8. The molecule has 3 unspecified atom stereocenters. The standard InChI is InChI=1S/C30H52NO10P/c1-3-5-7-8-9-10-11-12-13-14-15-16-17-18-20-22-29(33)41-26(23-38-28(32)21-19-6-4-2)24-39-42(36,37)40-25-27(31)30(34)35/h5,7,9-10,12-13,26-27H,3-4,6,8,11,14-25,31H2,1-2H3,(H,34,35)(H,36,37)/b7-5-,10-9-,13-12-. The van der Waals surface area contributed by atoms with Crippen molar-refractivity contribution in [3.63, 3.8) is 0 Å². The molecule has 242 valence electrons. The SMILES string of the molecule is CC/C=C\C/C=C\C/C=C\CCCCCCCC(=O)OC(COC(=O)CCCCC)COP(=O)(O)OCC(N)C(=O)O. The maximum atomic E-state index is 12.4. The molecule has 0 aliphatic heterocycles. The number of carbonyl (C=O) groups excluding carboxylic acids is 2. The summed E-state index contributed by atoms with van der Waals surface area (Å²) in [5, 5.41) is 8.77. The summed E-state index contributed by atoms with van der Waals surface area (Å²) in [5.74, 6) is -2.44. The fourth-order valence-corrected chi connectivity index (χ4v) is 4.27. The highest BCUT2D eigenvalue weighted by molar-refractivity contribution is 7.47. The van der Waals surface area contributed by atoms with Crippen LogP contribution in [-0.4, -0.2) is 59.9 Å². The van der Waals surface area contributed by atoms with E-state index < -0.39 is 51.1 Å². The minimum absolute atomic E-state index is 0.140. The van der Waals surface area contributed by atoms with Crippen LogP contribution in [0, 0.1) is 0 Å². The quantitative estimate of drug-likeness (QED) is 0.0417. The lowest BCUT2D eigenvalue weighted by Crippen LogP contribution is -2.34. The zero-order valence-corrected chi connectivity index (χ0v) is 26.2. The number of aliphatic carboxylic acids is 1. The lowest BCUT2D eigenvalue weighted by Gasteiger charge is -2.20. The number of phosphoric acid groups is 1. The van der Waals surface area contributed by atoms with E-state index in [0.29, 0.717) is 12.8 Å². The molecule has 0 rings (SSSR count). The number of hydrogen-bond donors (Lipinski definition) is 3. The van der Waals surface area contributed by atoms with Gasteiger partial charge in [-0.05, 0) is 44.9 Å². The molecule has 0 heterocycles. The van der Waals surface area contributed by atoms with Crippen LogP contribution in [0.3, 0.4) is 0 Å². The van der Waals surface area contributed by atoms with Gasteiger partial charge in [-0.25, -0.2) is 4.57 Å². The van der Waals surface area contributed by atoms with Crippen LogP contribution in [0.4, 0.5) is 0 Å². The van der Waals surface area contributed by atoms with Crippen LogP contribution < -0.4 is 5.73 Å². The van der Waals surface area contributed by atoms with Gasteiger partial charge in [-0.15, -0.1) is 0 Å². The first-order valence-electron chi connectivity index (χ1n) is 15.0. The second-order valence-corrected chi connectivity index (χ2v) is 11.3. The molecule has 3 atom stereocenters. The second-order valence-electron chi connectivity index (χ2n) is 9.86. The number of hydrogen-bond acceptors (Lipinski definition) is 9. The van der Waals surface area contributed by atoms with Gasteiger partial charge in [0.2, 0.25) is 0 Å². The molecule has 0 radical (unpaired) electrons. The third-order valence-corrected chi connectivity index (χ3v) is 6.85. The van der Waals surface area contributed by atoms with Crippen molar-refractivity contribution < 1.29 is 47.5 Å². The topological polar surface area (TPSA) is 172 Å². The highest BCUT2D eigenvalue weighted by Crippen LogP contribution is 2.43. The van der Waals surface area contributed by atoms with Gasteiger partial charge in [0.15, 0.2) is 6.10 Å². The number of allylic oxidation sites excluding steroid dienone is 6. The number of carboxylic acid groups (broad SMARTS) is 1. The Bertz CT molecular complexity index is 874. The van der Waals surface area contributed by atoms with Crippen molar-refractivity contribution in [3.05, 3.63) is 36.5 Å². The van der Waals surface area contributed by atoms with Crippen molar-refractivity contribution in [1.82, 2.24) is 0 Å². The Kier molecular flexibility index (Phi) is 24.9. The Balaban J connectivity index is 4.42. The maximum Gasteiger partial charge on any atom is 0.472 e. The number of rotatable bonds is 27. The summed E-state index contributed by atoms with van der Waals surface area (Å²) in [6.07, 6.45) is 23.3. The highest BCUT2D eigenvalue weighted by Gasteiger charge is 2.28. The number of nitrogens with two attached hydrogens (primary N) is 1. The van der Waals surface area contributed by atoms with Crippen LogP contribution in [0.25, 0.3) is 0 Å². The Hall–Kier alpha value is -2.30. The maximum absolute atomic E-state index is 12.4. The summed E-state index contributed by atoms with van der Waals surface area (Å²) in [6.45, 7) is 2.41. The van der Waals surface area contributed by atoms with E-state index in [9.17, 15) is 23.8 Å². The lowest BCUT2D eigenvalue weighted by atomic mass is 10.1. The van der Waals surface area contributed by atoms with E-state index in [2.05, 4.69) is 47.9 Å². The molecule has 0 spiro atoms. The molecule has 11 nitrogen and oxygen atoms in total. The summed E-state index contributed by atoms with van der Waals surface area (Å²) in [5.41, 5.74) is 5.26. The average Bonchev–Trinajstić information content (AvgIpc) is 2.95. The Morgan fingerprint density at radius 3 is 2.00 bits per heavy atom. The summed E-state index contributed by atoms with van der Waals surface area (Å²) in [4.78, 5) is 44.9. The van der Waals surface area contributed by atoms with Gasteiger partial charge in [0.05, 0.1) is 13.2 Å².